The van der Waals surface area contributed by atoms with E-state index in [-0.39, 0.29) is 11.6 Å². The Bertz CT molecular complexity index is 1220. The summed E-state index contributed by atoms with van der Waals surface area (Å²) in [5, 5.41) is 1.70. The fraction of sp³-hybridized carbons (Fsp3) is 0.150. The van der Waals surface area contributed by atoms with Crippen molar-refractivity contribution in [1.82, 2.24) is 19.5 Å². The maximum atomic E-state index is 12.6. The van der Waals surface area contributed by atoms with Gasteiger partial charge in [-0.1, -0.05) is 47.1 Å². The van der Waals surface area contributed by atoms with Gasteiger partial charge in [0.1, 0.15) is 12.1 Å². The highest BCUT2D eigenvalue weighted by atomic mass is 35.5. The lowest BCUT2D eigenvalue weighted by atomic mass is 10.1. The van der Waals surface area contributed by atoms with Crippen LogP contribution in [0.3, 0.4) is 0 Å². The van der Waals surface area contributed by atoms with Crippen LogP contribution in [0.25, 0.3) is 11.2 Å². The number of halogens is 4. The van der Waals surface area contributed by atoms with Crippen molar-refractivity contribution in [1.29, 1.82) is 0 Å². The molecule has 2 N–H and O–H groups in total. The van der Waals surface area contributed by atoms with E-state index in [0.29, 0.717) is 44.2 Å². The second-order valence-electron chi connectivity index (χ2n) is 6.38. The number of fused-ring (bicyclic) bond motifs is 1. The van der Waals surface area contributed by atoms with E-state index in [4.69, 9.17) is 28.9 Å². The van der Waals surface area contributed by atoms with Gasteiger partial charge in [0, 0.05) is 21.5 Å². The number of aryl methyl sites for hydroxylation is 1. The van der Waals surface area contributed by atoms with Crippen molar-refractivity contribution < 1.29 is 13.5 Å². The molecule has 0 amide bonds. The molecule has 31 heavy (non-hydrogen) atoms. The Hall–Kier alpha value is -2.62. The van der Waals surface area contributed by atoms with E-state index < -0.39 is 6.61 Å². The minimum atomic E-state index is -2.90. The second kappa shape index (κ2) is 9.25. The maximum Gasteiger partial charge on any atom is 0.387 e. The summed E-state index contributed by atoms with van der Waals surface area (Å²) in [6.45, 7) is -2.44. The van der Waals surface area contributed by atoms with Crippen molar-refractivity contribution in [3.63, 3.8) is 0 Å². The predicted octanol–water partition coefficient (Wildman–Crippen LogP) is 5.71. The van der Waals surface area contributed by atoms with E-state index in [0.717, 1.165) is 5.56 Å². The largest absolute Gasteiger partial charge is 0.435 e. The summed E-state index contributed by atoms with van der Waals surface area (Å²) < 4.78 is 31.5. The second-order valence-corrected chi connectivity index (χ2v) is 8.24. The fourth-order valence-electron chi connectivity index (χ4n) is 3.03. The number of imidazole rings is 1. The van der Waals surface area contributed by atoms with Crippen molar-refractivity contribution in [2.75, 3.05) is 5.73 Å². The molecule has 0 fully saturated rings. The van der Waals surface area contributed by atoms with E-state index >= 15 is 0 Å². The molecule has 0 aliphatic heterocycles. The molecule has 0 atom stereocenters. The van der Waals surface area contributed by atoms with Gasteiger partial charge in [-0.15, -0.1) is 0 Å². The van der Waals surface area contributed by atoms with Crippen LogP contribution in [0.2, 0.25) is 10.0 Å². The lowest BCUT2D eigenvalue weighted by molar-refractivity contribution is -0.0499. The van der Waals surface area contributed by atoms with Crippen LogP contribution < -0.4 is 10.5 Å². The number of anilines is 1. The quantitative estimate of drug-likeness (QED) is 0.364. The third-order valence-corrected chi connectivity index (χ3v) is 6.10. The van der Waals surface area contributed by atoms with Gasteiger partial charge in [0.2, 0.25) is 0 Å². The molecule has 160 valence electrons. The predicted molar refractivity (Wildman–Crippen MR) is 117 cm³/mol. The first-order valence-electron chi connectivity index (χ1n) is 9.04. The van der Waals surface area contributed by atoms with Gasteiger partial charge in [-0.2, -0.15) is 8.78 Å². The highest BCUT2D eigenvalue weighted by Crippen LogP contribution is 2.33. The average molecular weight is 482 g/mol. The molecule has 11 heteroatoms. The highest BCUT2D eigenvalue weighted by molar-refractivity contribution is 7.99. The number of nitrogens with two attached hydrogens (primary N) is 1. The smallest absolute Gasteiger partial charge is 0.387 e. The molecule has 2 heterocycles. The molecule has 4 aromatic rings. The van der Waals surface area contributed by atoms with Crippen LogP contribution >= 0.6 is 35.0 Å². The number of aromatic nitrogens is 4. The van der Waals surface area contributed by atoms with Crippen molar-refractivity contribution in [2.45, 2.75) is 29.6 Å². The molecular formula is C20H15Cl2F2N5OS. The van der Waals surface area contributed by atoms with E-state index in [1.165, 1.54) is 30.2 Å². The topological polar surface area (TPSA) is 78.8 Å². The summed E-state index contributed by atoms with van der Waals surface area (Å²) in [6.07, 6.45) is 1.89. The Morgan fingerprint density at radius 2 is 1.84 bits per heavy atom. The Balaban J connectivity index is 1.69. The summed E-state index contributed by atoms with van der Waals surface area (Å²) in [5.41, 5.74) is 7.80. The van der Waals surface area contributed by atoms with E-state index in [1.807, 2.05) is 4.57 Å². The van der Waals surface area contributed by atoms with Crippen molar-refractivity contribution in [2.24, 2.45) is 0 Å². The molecule has 4 rings (SSSR count). The summed E-state index contributed by atoms with van der Waals surface area (Å²) in [7, 11) is 0. The van der Waals surface area contributed by atoms with Gasteiger partial charge in [-0.25, -0.2) is 15.0 Å². The SMILES string of the molecule is Nc1ncnc2c1nc(Sc1cccc(OC(F)F)c1)n2CCc1c(Cl)cccc1Cl. The zero-order chi connectivity index (χ0) is 22.0. The lowest BCUT2D eigenvalue weighted by Crippen LogP contribution is -2.05. The minimum absolute atomic E-state index is 0.0600. The molecule has 0 spiro atoms. The van der Waals surface area contributed by atoms with Crippen molar-refractivity contribution in [3.8, 4) is 5.75 Å². The number of rotatable bonds is 7. The van der Waals surface area contributed by atoms with E-state index in [9.17, 15) is 8.78 Å². The van der Waals surface area contributed by atoms with Crippen LogP contribution in [0.1, 0.15) is 5.56 Å². The van der Waals surface area contributed by atoms with E-state index in [1.54, 1.807) is 30.3 Å². The zero-order valence-electron chi connectivity index (χ0n) is 15.8. The number of alkyl halides is 2. The number of ether oxygens (including phenoxy) is 1. The summed E-state index contributed by atoms with van der Waals surface area (Å²) in [6, 6.07) is 11.7. The Kier molecular flexibility index (Phi) is 6.45. The molecule has 0 aliphatic rings. The van der Waals surface area contributed by atoms with Crippen LogP contribution in [0.15, 0.2) is 58.8 Å². The van der Waals surface area contributed by atoms with Gasteiger partial charge >= 0.3 is 6.61 Å². The summed E-state index contributed by atoms with van der Waals surface area (Å²) >= 11 is 13.9. The molecule has 0 saturated carbocycles. The molecule has 0 saturated heterocycles. The molecule has 2 aromatic heterocycles. The molecule has 0 bridgehead atoms. The van der Waals surface area contributed by atoms with Crippen LogP contribution in [-0.4, -0.2) is 26.1 Å². The molecule has 2 aromatic carbocycles. The standard InChI is InChI=1S/C20H15Cl2F2N5OS/c21-14-5-2-6-15(22)13(14)7-8-29-18-16(17(25)26-10-27-18)28-20(29)31-12-4-1-3-11(9-12)30-19(23)24/h1-6,9-10,19H,7-8H2,(H2,25,26,27). The van der Waals surface area contributed by atoms with Gasteiger partial charge in [0.15, 0.2) is 22.1 Å². The van der Waals surface area contributed by atoms with Gasteiger partial charge in [0.05, 0.1) is 0 Å². The number of benzene rings is 2. The molecule has 6 nitrogen and oxygen atoms in total. The van der Waals surface area contributed by atoms with Gasteiger partial charge in [-0.3, -0.25) is 0 Å². The van der Waals surface area contributed by atoms with Gasteiger partial charge in [-0.05, 0) is 42.3 Å². The highest BCUT2D eigenvalue weighted by Gasteiger charge is 2.17. The van der Waals surface area contributed by atoms with Crippen molar-refractivity contribution >= 4 is 51.9 Å². The van der Waals surface area contributed by atoms with E-state index in [2.05, 4.69) is 19.7 Å². The number of hydrogen-bond donors (Lipinski definition) is 1. The summed E-state index contributed by atoms with van der Waals surface area (Å²) in [4.78, 5) is 13.6. The molecule has 0 unspecified atom stereocenters. The first kappa shape index (κ1) is 21.6. The van der Waals surface area contributed by atoms with Crippen LogP contribution in [-0.2, 0) is 13.0 Å². The zero-order valence-corrected chi connectivity index (χ0v) is 18.1. The Morgan fingerprint density at radius 3 is 2.58 bits per heavy atom. The van der Waals surface area contributed by atoms with Crippen LogP contribution in [0.4, 0.5) is 14.6 Å². The van der Waals surface area contributed by atoms with Gasteiger partial charge in [0.25, 0.3) is 0 Å². The number of nitrogens with zero attached hydrogens (tertiary/aromatic N) is 4. The molecule has 0 radical (unpaired) electrons. The Labute approximate surface area is 190 Å². The fourth-order valence-corrected chi connectivity index (χ4v) is 4.57. The normalized spacial score (nSPS) is 11.4. The van der Waals surface area contributed by atoms with Gasteiger partial charge < -0.3 is 15.0 Å². The first-order valence-corrected chi connectivity index (χ1v) is 10.6. The lowest BCUT2D eigenvalue weighted by Gasteiger charge is -2.11. The first-order chi connectivity index (χ1) is 14.9. The minimum Gasteiger partial charge on any atom is -0.435 e. The average Bonchev–Trinajstić information content (AvgIpc) is 3.06. The Morgan fingerprint density at radius 1 is 1.10 bits per heavy atom. The molecule has 0 aliphatic carbocycles. The van der Waals surface area contributed by atoms with Crippen LogP contribution in [0, 0.1) is 0 Å². The summed E-state index contributed by atoms with van der Waals surface area (Å²) in [5.74, 6) is 0.306. The third-order valence-electron chi connectivity index (χ3n) is 4.41. The maximum absolute atomic E-state index is 12.6. The molecular weight excluding hydrogens is 467 g/mol. The van der Waals surface area contributed by atoms with Crippen molar-refractivity contribution in [3.05, 3.63) is 64.4 Å². The van der Waals surface area contributed by atoms with Crippen LogP contribution in [0.5, 0.6) is 5.75 Å². The monoisotopic (exact) mass is 481 g/mol. The number of nitrogen functional groups attached to an aromatic ring is 1. The number of hydrogen-bond acceptors (Lipinski definition) is 6. The third kappa shape index (κ3) is 4.84.